The number of hydrogen-bond acceptors (Lipinski definition) is 5. The smallest absolute Gasteiger partial charge is 0.164 e. The van der Waals surface area contributed by atoms with Crippen LogP contribution in [0.5, 0.6) is 5.75 Å². The zero-order valence-corrected chi connectivity index (χ0v) is 13.7. The van der Waals surface area contributed by atoms with Gasteiger partial charge in [0.2, 0.25) is 0 Å². The molecule has 2 aromatic heterocycles. The van der Waals surface area contributed by atoms with E-state index in [4.69, 9.17) is 21.2 Å². The van der Waals surface area contributed by atoms with Crippen molar-refractivity contribution in [3.63, 3.8) is 0 Å². The molecule has 4 rings (SSSR count). The van der Waals surface area contributed by atoms with Crippen LogP contribution in [0.2, 0.25) is 0 Å². The largest absolute Gasteiger partial charge is 0.495 e. The molecular weight excluding hydrogens is 302 g/mol. The molecule has 1 saturated carbocycles. The molecule has 0 amide bonds. The molecule has 24 heavy (non-hydrogen) atoms. The fourth-order valence-electron chi connectivity index (χ4n) is 3.51. The minimum absolute atomic E-state index is 0.502. The van der Waals surface area contributed by atoms with Gasteiger partial charge in [-0.3, -0.25) is 0 Å². The van der Waals surface area contributed by atoms with E-state index in [9.17, 15) is 0 Å². The summed E-state index contributed by atoms with van der Waals surface area (Å²) in [7, 11) is 1.60. The lowest BCUT2D eigenvalue weighted by molar-refractivity contribution is 0.417. The second kappa shape index (κ2) is 5.70. The number of methoxy groups -OCH3 is 1. The first-order valence-corrected chi connectivity index (χ1v) is 8.25. The normalized spacial score (nSPS) is 15.2. The van der Waals surface area contributed by atoms with Gasteiger partial charge in [-0.25, -0.2) is 9.97 Å². The van der Waals surface area contributed by atoms with Crippen LogP contribution >= 0.6 is 0 Å². The Bertz CT molecular complexity index is 896. The molecule has 1 aliphatic carbocycles. The molecule has 1 aliphatic rings. The molecule has 0 atom stereocenters. The number of benzene rings is 1. The van der Waals surface area contributed by atoms with Gasteiger partial charge < -0.3 is 20.8 Å². The SMILES string of the molecule is COc1cc(-c2nc(N)c3ccn(C4CCCC4)c3n2)ccc1N. The number of rotatable bonds is 3. The van der Waals surface area contributed by atoms with Crippen molar-refractivity contribution >= 4 is 22.5 Å². The number of nitrogen functional groups attached to an aromatic ring is 2. The number of nitrogens with two attached hydrogens (primary N) is 2. The van der Waals surface area contributed by atoms with Gasteiger partial charge in [0.1, 0.15) is 17.2 Å². The van der Waals surface area contributed by atoms with E-state index in [0.717, 1.165) is 16.6 Å². The lowest BCUT2D eigenvalue weighted by Crippen LogP contribution is -2.06. The lowest BCUT2D eigenvalue weighted by Gasteiger charge is -2.13. The summed E-state index contributed by atoms with van der Waals surface area (Å²) in [5.74, 6) is 1.71. The number of nitrogens with zero attached hydrogens (tertiary/aromatic N) is 3. The highest BCUT2D eigenvalue weighted by atomic mass is 16.5. The monoisotopic (exact) mass is 323 g/mol. The Morgan fingerprint density at radius 2 is 1.92 bits per heavy atom. The van der Waals surface area contributed by atoms with Crippen LogP contribution in [-0.4, -0.2) is 21.6 Å². The first-order chi connectivity index (χ1) is 11.7. The molecule has 6 nitrogen and oxygen atoms in total. The lowest BCUT2D eigenvalue weighted by atomic mass is 10.1. The summed E-state index contributed by atoms with van der Waals surface area (Å²) in [5.41, 5.74) is 14.4. The highest BCUT2D eigenvalue weighted by molar-refractivity contribution is 5.88. The van der Waals surface area contributed by atoms with Gasteiger partial charge in [0, 0.05) is 17.8 Å². The topological polar surface area (TPSA) is 92.0 Å². The van der Waals surface area contributed by atoms with Crippen molar-refractivity contribution in [1.29, 1.82) is 0 Å². The molecule has 124 valence electrons. The van der Waals surface area contributed by atoms with Crippen molar-refractivity contribution < 1.29 is 4.74 Å². The number of ether oxygens (including phenoxy) is 1. The van der Waals surface area contributed by atoms with Gasteiger partial charge in [0.25, 0.3) is 0 Å². The molecule has 0 radical (unpaired) electrons. The second-order valence-electron chi connectivity index (χ2n) is 6.29. The Morgan fingerprint density at radius 1 is 1.12 bits per heavy atom. The Labute approximate surface area is 140 Å². The number of fused-ring (bicyclic) bond motifs is 1. The van der Waals surface area contributed by atoms with Crippen LogP contribution in [0, 0.1) is 0 Å². The van der Waals surface area contributed by atoms with E-state index in [1.54, 1.807) is 13.2 Å². The molecule has 6 heteroatoms. The molecule has 2 heterocycles. The number of aromatic nitrogens is 3. The maximum absolute atomic E-state index is 6.19. The van der Waals surface area contributed by atoms with Crippen LogP contribution in [0.25, 0.3) is 22.4 Å². The highest BCUT2D eigenvalue weighted by Crippen LogP contribution is 2.34. The van der Waals surface area contributed by atoms with Crippen molar-refractivity contribution in [1.82, 2.24) is 14.5 Å². The standard InChI is InChI=1S/C18H21N5O/c1-24-15-10-11(6-7-14(15)19)17-21-16(20)13-8-9-23(18(13)22-17)12-4-2-3-5-12/h6-10,12H,2-5,19H2,1H3,(H2,20,21,22). The summed E-state index contributed by atoms with van der Waals surface area (Å²) in [6, 6.07) is 8.05. The Hall–Kier alpha value is -2.76. The van der Waals surface area contributed by atoms with Gasteiger partial charge >= 0.3 is 0 Å². The van der Waals surface area contributed by atoms with E-state index in [-0.39, 0.29) is 0 Å². The van der Waals surface area contributed by atoms with E-state index >= 15 is 0 Å². The molecule has 1 aromatic carbocycles. The number of anilines is 2. The summed E-state index contributed by atoms with van der Waals surface area (Å²) >= 11 is 0. The van der Waals surface area contributed by atoms with Crippen LogP contribution in [0.3, 0.4) is 0 Å². The van der Waals surface area contributed by atoms with Crippen molar-refractivity contribution in [3.8, 4) is 17.1 Å². The van der Waals surface area contributed by atoms with Crippen molar-refractivity contribution in [3.05, 3.63) is 30.5 Å². The minimum Gasteiger partial charge on any atom is -0.495 e. The highest BCUT2D eigenvalue weighted by Gasteiger charge is 2.20. The third-order valence-electron chi connectivity index (χ3n) is 4.81. The molecule has 4 N–H and O–H groups in total. The average Bonchev–Trinajstić information content (AvgIpc) is 3.24. The molecule has 3 aromatic rings. The van der Waals surface area contributed by atoms with Crippen LogP contribution in [0.4, 0.5) is 11.5 Å². The van der Waals surface area contributed by atoms with Crippen molar-refractivity contribution in [2.75, 3.05) is 18.6 Å². The molecule has 0 saturated heterocycles. The molecule has 0 aliphatic heterocycles. The van der Waals surface area contributed by atoms with Crippen LogP contribution in [0.15, 0.2) is 30.5 Å². The maximum Gasteiger partial charge on any atom is 0.164 e. The van der Waals surface area contributed by atoms with Crippen molar-refractivity contribution in [2.45, 2.75) is 31.7 Å². The molecule has 0 spiro atoms. The van der Waals surface area contributed by atoms with Gasteiger partial charge in [0.05, 0.1) is 18.2 Å². The molecular formula is C18H21N5O. The van der Waals surface area contributed by atoms with Gasteiger partial charge in [0.15, 0.2) is 5.82 Å². The van der Waals surface area contributed by atoms with Crippen LogP contribution < -0.4 is 16.2 Å². The van der Waals surface area contributed by atoms with Gasteiger partial charge in [-0.1, -0.05) is 12.8 Å². The first-order valence-electron chi connectivity index (χ1n) is 8.25. The maximum atomic E-state index is 6.19. The van der Waals surface area contributed by atoms with Gasteiger partial charge in [-0.05, 0) is 37.1 Å². The summed E-state index contributed by atoms with van der Waals surface area (Å²) < 4.78 is 7.55. The van der Waals surface area contributed by atoms with Crippen LogP contribution in [-0.2, 0) is 0 Å². The van der Waals surface area contributed by atoms with E-state index in [1.165, 1.54) is 25.7 Å². The zero-order valence-electron chi connectivity index (χ0n) is 13.7. The number of hydrogen-bond donors (Lipinski definition) is 2. The van der Waals surface area contributed by atoms with Crippen LogP contribution in [0.1, 0.15) is 31.7 Å². The Balaban J connectivity index is 1.85. The zero-order chi connectivity index (χ0) is 16.7. The quantitative estimate of drug-likeness (QED) is 0.721. The molecule has 1 fully saturated rings. The third-order valence-corrected chi connectivity index (χ3v) is 4.81. The summed E-state index contributed by atoms with van der Waals surface area (Å²) in [6.45, 7) is 0. The molecule has 0 unspecified atom stereocenters. The fourth-order valence-corrected chi connectivity index (χ4v) is 3.51. The van der Waals surface area contributed by atoms with Gasteiger partial charge in [-0.15, -0.1) is 0 Å². The first kappa shape index (κ1) is 14.8. The predicted octanol–water partition coefficient (Wildman–Crippen LogP) is 3.39. The summed E-state index contributed by atoms with van der Waals surface area (Å²) in [5, 5.41) is 0.910. The van der Waals surface area contributed by atoms with E-state index in [2.05, 4.69) is 15.7 Å². The van der Waals surface area contributed by atoms with Crippen molar-refractivity contribution in [2.24, 2.45) is 0 Å². The predicted molar refractivity (Wildman–Crippen MR) is 95.8 cm³/mol. The van der Waals surface area contributed by atoms with E-state index in [1.807, 2.05) is 18.2 Å². The minimum atomic E-state index is 0.502. The second-order valence-corrected chi connectivity index (χ2v) is 6.29. The van der Waals surface area contributed by atoms with Gasteiger partial charge in [-0.2, -0.15) is 0 Å². The fraction of sp³-hybridized carbons (Fsp3) is 0.333. The summed E-state index contributed by atoms with van der Waals surface area (Å²) in [6.07, 6.45) is 7.01. The average molecular weight is 323 g/mol. The van der Waals surface area contributed by atoms with E-state index < -0.39 is 0 Å². The third kappa shape index (κ3) is 2.35. The Morgan fingerprint density at radius 3 is 2.67 bits per heavy atom. The summed E-state index contributed by atoms with van der Waals surface area (Å²) in [4.78, 5) is 9.26. The van der Waals surface area contributed by atoms with E-state index in [0.29, 0.717) is 29.1 Å². The molecule has 0 bridgehead atoms. The Kier molecular flexibility index (Phi) is 3.52.